The lowest BCUT2D eigenvalue weighted by molar-refractivity contribution is -0.147. The fraction of sp³-hybridized carbons (Fsp3) is 0.200. The highest BCUT2D eigenvalue weighted by molar-refractivity contribution is 5.90. The molecule has 0 saturated heterocycles. The maximum absolute atomic E-state index is 12.2. The van der Waals surface area contributed by atoms with Crippen LogP contribution < -0.4 is 5.32 Å². The van der Waals surface area contributed by atoms with Crippen molar-refractivity contribution >= 4 is 11.9 Å². The summed E-state index contributed by atoms with van der Waals surface area (Å²) in [7, 11) is 0. The Balaban J connectivity index is 1.72. The first-order chi connectivity index (χ1) is 13.5. The average Bonchev–Trinajstić information content (AvgIpc) is 3.24. The number of amides is 1. The smallest absolute Gasteiger partial charge is 0.332 e. The van der Waals surface area contributed by atoms with Gasteiger partial charge >= 0.3 is 5.97 Å². The lowest BCUT2D eigenvalue weighted by atomic mass is 9.98. The molecule has 0 aliphatic heterocycles. The molecular formula is C20H20N4O4. The molecule has 3 aromatic rings. The first kappa shape index (κ1) is 19.2. The van der Waals surface area contributed by atoms with E-state index in [0.717, 1.165) is 16.7 Å². The van der Waals surface area contributed by atoms with Crippen LogP contribution in [0.1, 0.15) is 22.6 Å². The van der Waals surface area contributed by atoms with Crippen LogP contribution in [0.25, 0.3) is 11.1 Å². The number of aliphatic hydroxyl groups is 1. The maximum Gasteiger partial charge on any atom is 0.332 e. The van der Waals surface area contributed by atoms with Gasteiger partial charge in [-0.15, -0.1) is 5.10 Å². The highest BCUT2D eigenvalue weighted by atomic mass is 16.4. The molecule has 0 fully saturated rings. The van der Waals surface area contributed by atoms with Crippen molar-refractivity contribution in [2.45, 2.75) is 25.0 Å². The van der Waals surface area contributed by atoms with E-state index in [1.165, 1.54) is 6.33 Å². The number of carbonyl (C=O) groups is 2. The third kappa shape index (κ3) is 5.01. The zero-order valence-electron chi connectivity index (χ0n) is 14.9. The molecule has 1 amide bonds. The number of carboxylic acid groups (broad SMARTS) is 1. The Morgan fingerprint density at radius 1 is 1.04 bits per heavy atom. The quantitative estimate of drug-likeness (QED) is 0.470. The zero-order valence-corrected chi connectivity index (χ0v) is 14.9. The van der Waals surface area contributed by atoms with Crippen molar-refractivity contribution < 1.29 is 19.8 Å². The van der Waals surface area contributed by atoms with Crippen molar-refractivity contribution in [1.29, 1.82) is 0 Å². The number of hydrogen-bond donors (Lipinski definition) is 4. The predicted octanol–water partition coefficient (Wildman–Crippen LogP) is 1.65. The van der Waals surface area contributed by atoms with Crippen molar-refractivity contribution in [3.05, 3.63) is 72.3 Å². The topological polar surface area (TPSA) is 128 Å². The number of aliphatic hydroxyl groups excluding tert-OH is 1. The van der Waals surface area contributed by atoms with Crippen molar-refractivity contribution in [3.8, 4) is 11.1 Å². The Labute approximate surface area is 161 Å². The number of rotatable bonds is 8. The number of carboxylic acids is 1. The Morgan fingerprint density at radius 2 is 1.71 bits per heavy atom. The molecule has 2 atom stereocenters. The predicted molar refractivity (Wildman–Crippen MR) is 101 cm³/mol. The molecule has 0 aliphatic rings. The van der Waals surface area contributed by atoms with Crippen LogP contribution in [0.4, 0.5) is 0 Å². The first-order valence-corrected chi connectivity index (χ1v) is 8.75. The summed E-state index contributed by atoms with van der Waals surface area (Å²) in [5.74, 6) is -1.92. The fourth-order valence-corrected chi connectivity index (χ4v) is 2.88. The zero-order chi connectivity index (χ0) is 19.9. The summed E-state index contributed by atoms with van der Waals surface area (Å²) >= 11 is 0. The molecule has 144 valence electrons. The Bertz CT molecular complexity index is 911. The van der Waals surface area contributed by atoms with Gasteiger partial charge in [0.25, 0.3) is 5.91 Å². The van der Waals surface area contributed by atoms with Gasteiger partial charge in [-0.2, -0.15) is 0 Å². The second-order valence-corrected chi connectivity index (χ2v) is 6.35. The van der Waals surface area contributed by atoms with Crippen LogP contribution >= 0.6 is 0 Å². The Morgan fingerprint density at radius 3 is 2.32 bits per heavy atom. The van der Waals surface area contributed by atoms with E-state index in [2.05, 4.69) is 20.5 Å². The average molecular weight is 380 g/mol. The molecule has 1 unspecified atom stereocenters. The molecule has 2 aromatic carbocycles. The summed E-state index contributed by atoms with van der Waals surface area (Å²) in [6.45, 7) is 0. The minimum atomic E-state index is -1.58. The van der Waals surface area contributed by atoms with Gasteiger partial charge < -0.3 is 15.5 Å². The largest absolute Gasteiger partial charge is 0.479 e. The molecule has 0 spiro atoms. The molecule has 0 saturated carbocycles. The second kappa shape index (κ2) is 8.92. The van der Waals surface area contributed by atoms with Crippen molar-refractivity contribution in [3.63, 3.8) is 0 Å². The number of benzene rings is 2. The molecule has 1 aromatic heterocycles. The van der Waals surface area contributed by atoms with Crippen LogP contribution in [0, 0.1) is 0 Å². The van der Waals surface area contributed by atoms with E-state index >= 15 is 0 Å². The summed E-state index contributed by atoms with van der Waals surface area (Å²) in [6, 6.07) is 17.1. The van der Waals surface area contributed by atoms with Gasteiger partial charge in [-0.1, -0.05) is 54.6 Å². The SMILES string of the molecule is O=C(NC(Cc1ccc(-c2ccccc2)cc1)C[C@@H](O)C(=O)O)c1nc[nH]n1. The molecule has 0 aliphatic carbocycles. The molecule has 8 nitrogen and oxygen atoms in total. The van der Waals surface area contributed by atoms with Crippen molar-refractivity contribution in [1.82, 2.24) is 20.5 Å². The van der Waals surface area contributed by atoms with Gasteiger partial charge in [0, 0.05) is 12.5 Å². The number of H-pyrrole nitrogens is 1. The maximum atomic E-state index is 12.2. The Hall–Kier alpha value is -3.52. The fourth-order valence-electron chi connectivity index (χ4n) is 2.88. The number of aliphatic carboxylic acids is 1. The summed E-state index contributed by atoms with van der Waals surface area (Å²) in [4.78, 5) is 27.0. The molecule has 0 bridgehead atoms. The molecule has 1 heterocycles. The van der Waals surface area contributed by atoms with Crippen molar-refractivity contribution in [2.24, 2.45) is 0 Å². The third-order valence-corrected chi connectivity index (χ3v) is 4.29. The second-order valence-electron chi connectivity index (χ2n) is 6.35. The van der Waals surface area contributed by atoms with E-state index < -0.39 is 24.0 Å². The third-order valence-electron chi connectivity index (χ3n) is 4.29. The summed E-state index contributed by atoms with van der Waals surface area (Å²) < 4.78 is 0. The van der Waals surface area contributed by atoms with E-state index in [4.69, 9.17) is 5.11 Å². The van der Waals surface area contributed by atoms with E-state index in [9.17, 15) is 14.7 Å². The summed E-state index contributed by atoms with van der Waals surface area (Å²) in [6.07, 6.45) is -0.0825. The van der Waals surface area contributed by atoms with Gasteiger partial charge in [0.15, 0.2) is 6.10 Å². The monoisotopic (exact) mass is 380 g/mol. The highest BCUT2D eigenvalue weighted by Crippen LogP contribution is 2.20. The number of nitrogens with one attached hydrogen (secondary N) is 2. The van der Waals surface area contributed by atoms with Gasteiger partial charge in [-0.25, -0.2) is 9.78 Å². The first-order valence-electron chi connectivity index (χ1n) is 8.75. The normalized spacial score (nSPS) is 12.9. The van der Waals surface area contributed by atoms with Gasteiger partial charge in [-0.05, 0) is 23.1 Å². The van der Waals surface area contributed by atoms with Crippen LogP contribution in [0.5, 0.6) is 0 Å². The van der Waals surface area contributed by atoms with Gasteiger partial charge in [-0.3, -0.25) is 9.89 Å². The summed E-state index contributed by atoms with van der Waals surface area (Å²) in [5, 5.41) is 27.6. The van der Waals surface area contributed by atoms with Crippen LogP contribution in [-0.4, -0.2) is 49.4 Å². The number of nitrogens with zero attached hydrogens (tertiary/aromatic N) is 2. The number of aromatic nitrogens is 3. The van der Waals surface area contributed by atoms with Crippen LogP contribution in [0.15, 0.2) is 60.9 Å². The van der Waals surface area contributed by atoms with Gasteiger partial charge in [0.2, 0.25) is 5.82 Å². The van der Waals surface area contributed by atoms with Gasteiger partial charge in [0.05, 0.1) is 0 Å². The number of aromatic amines is 1. The minimum absolute atomic E-state index is 0.0470. The Kier molecular flexibility index (Phi) is 6.13. The molecule has 0 radical (unpaired) electrons. The van der Waals surface area contributed by atoms with Crippen molar-refractivity contribution in [2.75, 3.05) is 0 Å². The van der Waals surface area contributed by atoms with Gasteiger partial charge in [0.1, 0.15) is 6.33 Å². The molecule has 3 rings (SSSR count). The van der Waals surface area contributed by atoms with Crippen LogP contribution in [-0.2, 0) is 11.2 Å². The standard InChI is InChI=1S/C20H20N4O4/c25-17(20(27)28)11-16(23-19(26)18-21-12-22-24-18)10-13-6-8-15(9-7-13)14-4-2-1-3-5-14/h1-9,12,16-17,25H,10-11H2,(H,23,26)(H,27,28)(H,21,22,24)/t16?,17-/m1/s1. The van der Waals surface area contributed by atoms with E-state index in [1.54, 1.807) is 0 Å². The van der Waals surface area contributed by atoms with Crippen LogP contribution in [0.3, 0.4) is 0 Å². The lowest BCUT2D eigenvalue weighted by Crippen LogP contribution is -2.41. The molecule has 4 N–H and O–H groups in total. The van der Waals surface area contributed by atoms with Crippen LogP contribution in [0.2, 0.25) is 0 Å². The van der Waals surface area contributed by atoms with E-state index in [1.807, 2.05) is 54.6 Å². The summed E-state index contributed by atoms with van der Waals surface area (Å²) in [5.41, 5.74) is 3.04. The minimum Gasteiger partial charge on any atom is -0.479 e. The molecular weight excluding hydrogens is 360 g/mol. The molecule has 8 heteroatoms. The van der Waals surface area contributed by atoms with E-state index in [0.29, 0.717) is 6.42 Å². The lowest BCUT2D eigenvalue weighted by Gasteiger charge is -2.20. The van der Waals surface area contributed by atoms with E-state index in [-0.39, 0.29) is 12.2 Å². The molecule has 28 heavy (non-hydrogen) atoms. The number of hydrogen-bond acceptors (Lipinski definition) is 5. The highest BCUT2D eigenvalue weighted by Gasteiger charge is 2.23. The number of carbonyl (C=O) groups excluding carboxylic acids is 1.